The first-order chi connectivity index (χ1) is 12.6. The van der Waals surface area contributed by atoms with E-state index in [-0.39, 0.29) is 22.5 Å². The van der Waals surface area contributed by atoms with Crippen molar-refractivity contribution in [2.45, 2.75) is 5.92 Å². The number of hydrogen-bond acceptors (Lipinski definition) is 5. The number of carbonyl (C=O) groups excluding carboxylic acids is 3. The van der Waals surface area contributed by atoms with E-state index in [0.29, 0.717) is 0 Å². The van der Waals surface area contributed by atoms with Crippen molar-refractivity contribution in [1.29, 1.82) is 0 Å². The van der Waals surface area contributed by atoms with Crippen LogP contribution in [0.4, 0.5) is 11.4 Å². The third-order valence-corrected chi connectivity index (χ3v) is 5.61. The average Bonchev–Trinajstić information content (AvgIpc) is 2.60. The van der Waals surface area contributed by atoms with Crippen LogP contribution in [-0.4, -0.2) is 39.4 Å². The fourth-order valence-corrected chi connectivity index (χ4v) is 3.46. The Bertz CT molecular complexity index is 1060. The van der Waals surface area contributed by atoms with Crippen molar-refractivity contribution in [3.05, 3.63) is 59.7 Å². The second-order valence-corrected chi connectivity index (χ2v) is 8.17. The Morgan fingerprint density at radius 3 is 2.41 bits per heavy atom. The van der Waals surface area contributed by atoms with Gasteiger partial charge in [0.1, 0.15) is 5.92 Å². The van der Waals surface area contributed by atoms with E-state index in [1.54, 1.807) is 12.1 Å². The van der Waals surface area contributed by atoms with Gasteiger partial charge in [-0.15, -0.1) is 0 Å². The van der Waals surface area contributed by atoms with Crippen LogP contribution in [0.5, 0.6) is 0 Å². The van der Waals surface area contributed by atoms with Crippen molar-refractivity contribution in [3.63, 3.8) is 0 Å². The Labute approximate surface area is 156 Å². The maximum Gasteiger partial charge on any atom is 0.265 e. The standard InChI is InChI=1S/C18H17N3O5S/c1-20(27(2,25)26)11-6-5-7-12(10-11)21-17(23)14-9-4-3-8-13(14)15(16(19)22)18(21)24/h3-10,15H,1-2H3,(H2,19,22). The van der Waals surface area contributed by atoms with Crippen LogP contribution in [0.3, 0.4) is 0 Å². The molecule has 2 aromatic carbocycles. The van der Waals surface area contributed by atoms with Crippen molar-refractivity contribution in [2.75, 3.05) is 22.5 Å². The van der Waals surface area contributed by atoms with Gasteiger partial charge in [0, 0.05) is 12.6 Å². The fraction of sp³-hybridized carbons (Fsp3) is 0.167. The summed E-state index contributed by atoms with van der Waals surface area (Å²) in [5, 5.41) is 0. The molecule has 140 valence electrons. The van der Waals surface area contributed by atoms with Crippen LogP contribution in [0.15, 0.2) is 48.5 Å². The van der Waals surface area contributed by atoms with Gasteiger partial charge >= 0.3 is 0 Å². The topological polar surface area (TPSA) is 118 Å². The lowest BCUT2D eigenvalue weighted by Gasteiger charge is -2.31. The number of sulfonamides is 1. The molecular formula is C18H17N3O5S. The molecule has 0 bridgehead atoms. The number of primary amides is 1. The summed E-state index contributed by atoms with van der Waals surface area (Å²) in [5.41, 5.74) is 6.29. The molecule has 0 aliphatic carbocycles. The number of nitrogens with zero attached hydrogens (tertiary/aromatic N) is 2. The van der Waals surface area contributed by atoms with E-state index in [1.807, 2.05) is 0 Å². The summed E-state index contributed by atoms with van der Waals surface area (Å²) >= 11 is 0. The van der Waals surface area contributed by atoms with Crippen LogP contribution in [-0.2, 0) is 19.6 Å². The highest BCUT2D eigenvalue weighted by Gasteiger charge is 2.42. The smallest absolute Gasteiger partial charge is 0.265 e. The summed E-state index contributed by atoms with van der Waals surface area (Å²) in [6, 6.07) is 12.2. The number of imide groups is 1. The summed E-state index contributed by atoms with van der Waals surface area (Å²) in [7, 11) is -2.18. The van der Waals surface area contributed by atoms with Crippen LogP contribution in [0.1, 0.15) is 21.8 Å². The molecule has 1 unspecified atom stereocenters. The molecule has 1 atom stereocenters. The molecule has 8 nitrogen and oxygen atoms in total. The number of nitrogens with two attached hydrogens (primary N) is 1. The Kier molecular flexibility index (Phi) is 4.48. The molecule has 0 fully saturated rings. The van der Waals surface area contributed by atoms with Gasteiger partial charge in [-0.2, -0.15) is 0 Å². The summed E-state index contributed by atoms with van der Waals surface area (Å²) < 4.78 is 24.6. The van der Waals surface area contributed by atoms with Gasteiger partial charge in [0.05, 0.1) is 17.6 Å². The number of hydrogen-bond donors (Lipinski definition) is 1. The molecule has 2 aromatic rings. The van der Waals surface area contributed by atoms with Crippen molar-refractivity contribution in [2.24, 2.45) is 5.73 Å². The minimum Gasteiger partial charge on any atom is -0.369 e. The molecule has 0 aromatic heterocycles. The predicted molar refractivity (Wildman–Crippen MR) is 99.9 cm³/mol. The zero-order chi connectivity index (χ0) is 19.9. The van der Waals surface area contributed by atoms with Crippen LogP contribution < -0.4 is 14.9 Å². The third kappa shape index (κ3) is 3.17. The van der Waals surface area contributed by atoms with Gasteiger partial charge in [-0.3, -0.25) is 18.7 Å². The van der Waals surface area contributed by atoms with E-state index in [0.717, 1.165) is 15.5 Å². The minimum absolute atomic E-state index is 0.152. The largest absolute Gasteiger partial charge is 0.369 e. The summed E-state index contributed by atoms with van der Waals surface area (Å²) in [5.74, 6) is -3.54. The first kappa shape index (κ1) is 18.6. The highest BCUT2D eigenvalue weighted by atomic mass is 32.2. The van der Waals surface area contributed by atoms with Crippen LogP contribution in [0.25, 0.3) is 0 Å². The molecule has 2 N–H and O–H groups in total. The molecule has 3 rings (SSSR count). The maximum atomic E-state index is 12.9. The molecule has 0 saturated heterocycles. The van der Waals surface area contributed by atoms with Gasteiger partial charge in [-0.25, -0.2) is 13.3 Å². The van der Waals surface area contributed by atoms with E-state index in [9.17, 15) is 22.8 Å². The van der Waals surface area contributed by atoms with Gasteiger partial charge in [-0.05, 0) is 29.8 Å². The first-order valence-corrected chi connectivity index (χ1v) is 9.78. The molecule has 0 spiro atoms. The molecule has 27 heavy (non-hydrogen) atoms. The fourth-order valence-electron chi connectivity index (χ4n) is 2.97. The quantitative estimate of drug-likeness (QED) is 0.616. The Hall–Kier alpha value is -3.20. The van der Waals surface area contributed by atoms with Crippen molar-refractivity contribution in [1.82, 2.24) is 0 Å². The van der Waals surface area contributed by atoms with Gasteiger partial charge in [0.25, 0.3) is 11.8 Å². The van der Waals surface area contributed by atoms with E-state index < -0.39 is 33.7 Å². The second-order valence-electron chi connectivity index (χ2n) is 6.15. The summed E-state index contributed by atoms with van der Waals surface area (Å²) in [6.07, 6.45) is 1.04. The van der Waals surface area contributed by atoms with E-state index in [1.165, 1.54) is 43.4 Å². The Morgan fingerprint density at radius 1 is 1.11 bits per heavy atom. The molecule has 1 heterocycles. The van der Waals surface area contributed by atoms with Crippen LogP contribution >= 0.6 is 0 Å². The Balaban J connectivity index is 2.14. The molecule has 0 radical (unpaired) electrons. The van der Waals surface area contributed by atoms with Gasteiger partial charge in [-0.1, -0.05) is 24.3 Å². The van der Waals surface area contributed by atoms with Crippen LogP contribution in [0, 0.1) is 0 Å². The van der Waals surface area contributed by atoms with Gasteiger partial charge in [0.15, 0.2) is 0 Å². The molecule has 9 heteroatoms. The lowest BCUT2D eigenvalue weighted by atomic mass is 9.87. The third-order valence-electron chi connectivity index (χ3n) is 4.41. The normalized spacial score (nSPS) is 16.8. The summed E-state index contributed by atoms with van der Waals surface area (Å²) in [6.45, 7) is 0. The molecule has 1 aliphatic rings. The maximum absolute atomic E-state index is 12.9. The SMILES string of the molecule is CN(c1cccc(N2C(=O)c3ccccc3C(C(N)=O)C2=O)c1)S(C)(=O)=O. The highest BCUT2D eigenvalue weighted by molar-refractivity contribution is 7.92. The van der Waals surface area contributed by atoms with Crippen molar-refractivity contribution in [3.8, 4) is 0 Å². The van der Waals surface area contributed by atoms with Gasteiger partial charge < -0.3 is 5.73 Å². The number of fused-ring (bicyclic) bond motifs is 1. The zero-order valence-electron chi connectivity index (χ0n) is 14.6. The number of rotatable bonds is 4. The van der Waals surface area contributed by atoms with E-state index >= 15 is 0 Å². The van der Waals surface area contributed by atoms with Crippen molar-refractivity contribution >= 4 is 39.1 Å². The molecule has 3 amide bonds. The average molecular weight is 387 g/mol. The number of carbonyl (C=O) groups is 3. The zero-order valence-corrected chi connectivity index (χ0v) is 15.4. The second kappa shape index (κ2) is 6.51. The van der Waals surface area contributed by atoms with Gasteiger partial charge in [0.2, 0.25) is 15.9 Å². The lowest BCUT2D eigenvalue weighted by molar-refractivity contribution is -0.128. The number of benzene rings is 2. The molecular weight excluding hydrogens is 370 g/mol. The lowest BCUT2D eigenvalue weighted by Crippen LogP contribution is -2.48. The number of amides is 3. The predicted octanol–water partition coefficient (Wildman–Crippen LogP) is 0.838. The highest BCUT2D eigenvalue weighted by Crippen LogP contribution is 2.34. The van der Waals surface area contributed by atoms with E-state index in [4.69, 9.17) is 5.73 Å². The van der Waals surface area contributed by atoms with E-state index in [2.05, 4.69) is 0 Å². The Morgan fingerprint density at radius 2 is 1.78 bits per heavy atom. The molecule has 1 aliphatic heterocycles. The summed E-state index contributed by atoms with van der Waals surface area (Å²) in [4.78, 5) is 38.5. The van der Waals surface area contributed by atoms with Crippen LogP contribution in [0.2, 0.25) is 0 Å². The first-order valence-electron chi connectivity index (χ1n) is 7.93. The monoisotopic (exact) mass is 387 g/mol. The molecule has 0 saturated carbocycles. The number of anilines is 2. The minimum atomic E-state index is -3.53. The van der Waals surface area contributed by atoms with Crippen molar-refractivity contribution < 1.29 is 22.8 Å².